The topological polar surface area (TPSA) is 43.4 Å². The van der Waals surface area contributed by atoms with Crippen molar-refractivity contribution < 1.29 is 43.0 Å². The summed E-state index contributed by atoms with van der Waals surface area (Å²) >= 11 is -3.89. The zero-order valence-corrected chi connectivity index (χ0v) is 16.6. The van der Waals surface area contributed by atoms with E-state index in [4.69, 9.17) is 2.51 Å². The summed E-state index contributed by atoms with van der Waals surface area (Å²) in [4.78, 5) is 0. The number of halogens is 4. The van der Waals surface area contributed by atoms with Crippen molar-refractivity contribution >= 4 is 10.1 Å². The summed E-state index contributed by atoms with van der Waals surface area (Å²) in [5.74, 6) is 0.0718. The number of hydrogen-bond donors (Lipinski definition) is 0. The van der Waals surface area contributed by atoms with Crippen LogP contribution in [0.1, 0.15) is 27.7 Å². The molecule has 134 valence electrons. The monoisotopic (exact) mass is 467 g/mol. The van der Waals surface area contributed by atoms with E-state index in [1.165, 1.54) is 0 Å². The quantitative estimate of drug-likeness (QED) is 0.343. The van der Waals surface area contributed by atoms with Gasteiger partial charge in [0, 0.05) is 0 Å². The third kappa shape index (κ3) is 5.60. The summed E-state index contributed by atoms with van der Waals surface area (Å²) in [6, 6.07) is 8.54. The second-order valence-corrected chi connectivity index (χ2v) is 16.0. The molecular formula is C15H23F3IO3S+. The van der Waals surface area contributed by atoms with Crippen molar-refractivity contribution in [3.8, 4) is 0 Å². The molecule has 8 heteroatoms. The molecule has 0 radical (unpaired) electrons. The Kier molecular flexibility index (Phi) is 6.92. The Bertz CT molecular complexity index is 588. The summed E-state index contributed by atoms with van der Waals surface area (Å²) in [7, 11) is -5.61. The molecule has 0 N–H and O–H groups in total. The maximum absolute atomic E-state index is 12.9. The Morgan fingerprint density at radius 3 is 1.78 bits per heavy atom. The minimum atomic E-state index is -5.61. The van der Waals surface area contributed by atoms with Crippen molar-refractivity contribution in [2.75, 3.05) is 8.86 Å². The zero-order valence-electron chi connectivity index (χ0n) is 13.6. The van der Waals surface area contributed by atoms with Crippen molar-refractivity contribution in [1.82, 2.24) is 0 Å². The van der Waals surface area contributed by atoms with Crippen molar-refractivity contribution in [1.29, 1.82) is 0 Å². The van der Waals surface area contributed by atoms with Gasteiger partial charge in [0.2, 0.25) is 0 Å². The van der Waals surface area contributed by atoms with Crippen LogP contribution >= 0.6 is 0 Å². The predicted octanol–water partition coefficient (Wildman–Crippen LogP) is 1.11. The third-order valence-electron chi connectivity index (χ3n) is 2.73. The summed E-state index contributed by atoms with van der Waals surface area (Å²) in [5, 5.41) is 0. The van der Waals surface area contributed by atoms with Gasteiger partial charge in [0.05, 0.1) is 0 Å². The van der Waals surface area contributed by atoms with Gasteiger partial charge in [0.25, 0.3) is 0 Å². The van der Waals surface area contributed by atoms with E-state index in [1.54, 1.807) is 30.3 Å². The van der Waals surface area contributed by atoms with Crippen molar-refractivity contribution in [2.24, 2.45) is 11.8 Å². The summed E-state index contributed by atoms with van der Waals surface area (Å²) in [5.41, 5.74) is -5.40. The number of hydrogen-bond acceptors (Lipinski definition) is 3. The van der Waals surface area contributed by atoms with E-state index in [0.29, 0.717) is 12.4 Å². The first-order valence-corrected chi connectivity index (χ1v) is 13.6. The summed E-state index contributed by atoms with van der Waals surface area (Å²) in [6.45, 7) is 7.46. The SMILES string of the molecule is CC(C)C[I+](CC(C)C)(OS(=O)(=O)C(F)(F)F)c1ccccc1. The predicted molar refractivity (Wildman–Crippen MR) is 80.6 cm³/mol. The fourth-order valence-electron chi connectivity index (χ4n) is 2.16. The van der Waals surface area contributed by atoms with Crippen LogP contribution in [0.15, 0.2) is 30.3 Å². The first-order valence-electron chi connectivity index (χ1n) is 7.19. The molecule has 0 unspecified atom stereocenters. The molecule has 0 aromatic heterocycles. The molecule has 0 aliphatic rings. The molecule has 1 aromatic carbocycles. The van der Waals surface area contributed by atoms with Gasteiger partial charge in [-0.1, -0.05) is 0 Å². The molecule has 0 aliphatic carbocycles. The van der Waals surface area contributed by atoms with E-state index in [0.717, 1.165) is 0 Å². The minimum absolute atomic E-state index is 0.0359. The van der Waals surface area contributed by atoms with Crippen LogP contribution in [0.2, 0.25) is 0 Å². The molecule has 3 nitrogen and oxygen atoms in total. The second-order valence-electron chi connectivity index (χ2n) is 6.11. The van der Waals surface area contributed by atoms with Crippen LogP contribution in [0.4, 0.5) is 13.2 Å². The normalized spacial score (nSPS) is 14.5. The van der Waals surface area contributed by atoms with E-state index < -0.39 is 34.5 Å². The first kappa shape index (κ1) is 20.7. The molecule has 0 saturated heterocycles. The third-order valence-corrected chi connectivity index (χ3v) is 16.6. The summed E-state index contributed by atoms with van der Waals surface area (Å²) in [6.07, 6.45) is 0. The molecular weight excluding hydrogens is 444 g/mol. The maximum atomic E-state index is 12.9. The second kappa shape index (κ2) is 7.69. The molecule has 1 aromatic rings. The van der Waals surface area contributed by atoms with Gasteiger partial charge in [0.1, 0.15) is 0 Å². The molecule has 1 rings (SSSR count). The molecule has 0 heterocycles. The molecule has 23 heavy (non-hydrogen) atoms. The molecule has 0 spiro atoms. The summed E-state index contributed by atoms with van der Waals surface area (Å²) < 4.78 is 68.4. The molecule has 0 atom stereocenters. The average Bonchev–Trinajstić information content (AvgIpc) is 2.36. The Morgan fingerprint density at radius 2 is 1.43 bits per heavy atom. The molecule has 0 aliphatic heterocycles. The molecule has 0 saturated carbocycles. The molecule has 0 amide bonds. The van der Waals surface area contributed by atoms with Gasteiger partial charge in [-0.2, -0.15) is 0 Å². The zero-order chi connectivity index (χ0) is 17.9. The van der Waals surface area contributed by atoms with Gasteiger partial charge in [-0.3, -0.25) is 0 Å². The van der Waals surface area contributed by atoms with Crippen molar-refractivity contribution in [3.63, 3.8) is 0 Å². The molecule has 0 bridgehead atoms. The van der Waals surface area contributed by atoms with Gasteiger partial charge in [0.15, 0.2) is 0 Å². The van der Waals surface area contributed by atoms with Crippen molar-refractivity contribution in [2.45, 2.75) is 33.2 Å². The van der Waals surface area contributed by atoms with Crippen molar-refractivity contribution in [3.05, 3.63) is 33.9 Å². The van der Waals surface area contributed by atoms with E-state index in [9.17, 15) is 21.6 Å². The number of benzene rings is 1. The van der Waals surface area contributed by atoms with E-state index in [1.807, 2.05) is 27.7 Å². The fraction of sp³-hybridized carbons (Fsp3) is 0.600. The van der Waals surface area contributed by atoms with Gasteiger partial charge in [-0.25, -0.2) is 0 Å². The number of alkyl halides is 5. The Labute approximate surface area is 140 Å². The Balaban J connectivity index is 3.44. The van der Waals surface area contributed by atoms with Gasteiger partial charge in [-0.05, 0) is 0 Å². The van der Waals surface area contributed by atoms with Crippen LogP contribution in [-0.4, -0.2) is 22.8 Å². The van der Waals surface area contributed by atoms with E-state index >= 15 is 0 Å². The van der Waals surface area contributed by atoms with E-state index in [-0.39, 0.29) is 11.8 Å². The van der Waals surface area contributed by atoms with Gasteiger partial charge >= 0.3 is 141 Å². The van der Waals surface area contributed by atoms with Crippen LogP contribution in [0.25, 0.3) is 0 Å². The Hall–Kier alpha value is -0.350. The number of rotatable bonds is 7. The standard InChI is InChI=1S/C15H23F3IO3S/c1-12(2)10-19(11-13(3)4,14-8-6-5-7-9-14)22-23(20,21)15(16,17)18/h5-9,12-13H,10-11H2,1-4H3/q+1. The van der Waals surface area contributed by atoms with Gasteiger partial charge < -0.3 is 0 Å². The van der Waals surface area contributed by atoms with Crippen LogP contribution in [0, 0.1) is 15.4 Å². The van der Waals surface area contributed by atoms with Crippen LogP contribution in [0.5, 0.6) is 0 Å². The average molecular weight is 467 g/mol. The van der Waals surface area contributed by atoms with Gasteiger partial charge in [-0.15, -0.1) is 0 Å². The first-order chi connectivity index (χ1) is 10.4. The Morgan fingerprint density at radius 1 is 1.00 bits per heavy atom. The fourth-order valence-corrected chi connectivity index (χ4v) is 16.4. The van der Waals surface area contributed by atoms with Crippen LogP contribution in [-0.2, 0) is 12.6 Å². The van der Waals surface area contributed by atoms with Crippen LogP contribution < -0.4 is 18.8 Å². The van der Waals surface area contributed by atoms with Crippen LogP contribution in [0.3, 0.4) is 0 Å². The van der Waals surface area contributed by atoms with E-state index in [2.05, 4.69) is 0 Å². The molecule has 0 fully saturated rings.